The molecule has 0 bridgehead atoms. The monoisotopic (exact) mass is 386 g/mol. The van der Waals surface area contributed by atoms with Crippen molar-refractivity contribution in [3.8, 4) is 11.5 Å². The van der Waals surface area contributed by atoms with Crippen molar-refractivity contribution >= 4 is 11.9 Å². The Labute approximate surface area is 163 Å². The lowest BCUT2D eigenvalue weighted by Crippen LogP contribution is -2.43. The third kappa shape index (κ3) is 5.23. The second-order valence-electron chi connectivity index (χ2n) is 6.25. The van der Waals surface area contributed by atoms with Crippen molar-refractivity contribution in [3.63, 3.8) is 0 Å². The van der Waals surface area contributed by atoms with Gasteiger partial charge in [0, 0.05) is 13.8 Å². The summed E-state index contributed by atoms with van der Waals surface area (Å²) >= 11 is 0. The molecule has 7 heteroatoms. The molecule has 1 unspecified atom stereocenters. The van der Waals surface area contributed by atoms with Crippen molar-refractivity contribution in [1.29, 1.82) is 0 Å². The van der Waals surface area contributed by atoms with Gasteiger partial charge >= 0.3 is 11.9 Å². The number of hydrogen-bond acceptors (Lipinski definition) is 7. The summed E-state index contributed by atoms with van der Waals surface area (Å²) in [6.45, 7) is 2.66. The molecule has 0 saturated carbocycles. The first-order valence-corrected chi connectivity index (χ1v) is 8.92. The van der Waals surface area contributed by atoms with Crippen molar-refractivity contribution in [3.05, 3.63) is 60.7 Å². The number of rotatable bonds is 7. The minimum atomic E-state index is -1.08. The van der Waals surface area contributed by atoms with Gasteiger partial charge in [0.05, 0.1) is 0 Å². The lowest BCUT2D eigenvalue weighted by Gasteiger charge is -2.24. The third-order valence-corrected chi connectivity index (χ3v) is 4.02. The largest absolute Gasteiger partial charge is 0.491 e. The van der Waals surface area contributed by atoms with E-state index in [1.54, 1.807) is 12.1 Å². The topological polar surface area (TPSA) is 80.3 Å². The van der Waals surface area contributed by atoms with Gasteiger partial charge in [-0.05, 0) is 24.3 Å². The van der Waals surface area contributed by atoms with Gasteiger partial charge in [0.1, 0.15) is 24.2 Å². The van der Waals surface area contributed by atoms with E-state index in [4.69, 9.17) is 23.7 Å². The molecule has 0 aromatic heterocycles. The maximum atomic E-state index is 11.6. The molecule has 2 aromatic carbocycles. The molecule has 0 N–H and O–H groups in total. The van der Waals surface area contributed by atoms with E-state index in [1.165, 1.54) is 13.8 Å². The number of benzene rings is 2. The Morgan fingerprint density at radius 2 is 1.39 bits per heavy atom. The molecule has 2 aromatic rings. The summed E-state index contributed by atoms with van der Waals surface area (Å²) in [6.07, 6.45) is -3.36. The molecule has 0 amide bonds. The fourth-order valence-corrected chi connectivity index (χ4v) is 2.89. The van der Waals surface area contributed by atoms with Crippen LogP contribution in [0.15, 0.2) is 60.7 Å². The molecule has 1 aliphatic rings. The minimum absolute atomic E-state index is 0.122. The lowest BCUT2D eigenvalue weighted by molar-refractivity contribution is -0.195. The van der Waals surface area contributed by atoms with Crippen LogP contribution in [0, 0.1) is 0 Å². The van der Waals surface area contributed by atoms with E-state index in [2.05, 4.69) is 0 Å². The van der Waals surface area contributed by atoms with Gasteiger partial charge in [-0.1, -0.05) is 36.4 Å². The molecule has 4 atom stereocenters. The van der Waals surface area contributed by atoms with Crippen LogP contribution in [0.3, 0.4) is 0 Å². The van der Waals surface area contributed by atoms with Crippen molar-refractivity contribution in [2.75, 3.05) is 6.61 Å². The van der Waals surface area contributed by atoms with Gasteiger partial charge in [0.25, 0.3) is 0 Å². The van der Waals surface area contributed by atoms with Crippen LogP contribution in [0.2, 0.25) is 0 Å². The first kappa shape index (κ1) is 19.7. The average molecular weight is 386 g/mol. The molecule has 28 heavy (non-hydrogen) atoms. The Balaban J connectivity index is 1.80. The van der Waals surface area contributed by atoms with Crippen LogP contribution in [0.1, 0.15) is 13.8 Å². The summed E-state index contributed by atoms with van der Waals surface area (Å²) in [5.41, 5.74) is 0. The number of para-hydroxylation sites is 2. The van der Waals surface area contributed by atoms with Gasteiger partial charge in [-0.15, -0.1) is 0 Å². The molecule has 148 valence electrons. The quantitative estimate of drug-likeness (QED) is 0.677. The molecule has 1 fully saturated rings. The zero-order chi connectivity index (χ0) is 19.9. The average Bonchev–Trinajstić information content (AvgIpc) is 2.97. The normalized spacial score (nSPS) is 23.6. The van der Waals surface area contributed by atoms with Crippen molar-refractivity contribution in [2.24, 2.45) is 0 Å². The Morgan fingerprint density at radius 1 is 0.821 bits per heavy atom. The minimum Gasteiger partial charge on any atom is -0.491 e. The number of ether oxygens (including phenoxy) is 5. The summed E-state index contributed by atoms with van der Waals surface area (Å²) in [4.78, 5) is 23.1. The van der Waals surface area contributed by atoms with Crippen LogP contribution in [-0.2, 0) is 23.8 Å². The van der Waals surface area contributed by atoms with E-state index in [1.807, 2.05) is 48.5 Å². The number of esters is 2. The standard InChI is InChI=1S/C21H22O7/c1-14(22)25-20-19(27-17-11-7-4-8-12-17)18(28-21(20)26-15(2)23)13-24-16-9-5-3-6-10-16/h3-12,18-21H,13H2,1-2H3/t18-,19-,20-,21?/m1/s1. The summed E-state index contributed by atoms with van der Waals surface area (Å²) in [5.74, 6) is 0.147. The summed E-state index contributed by atoms with van der Waals surface area (Å²) in [5, 5.41) is 0. The highest BCUT2D eigenvalue weighted by atomic mass is 16.7. The summed E-state index contributed by atoms with van der Waals surface area (Å²) < 4.78 is 28.2. The zero-order valence-corrected chi connectivity index (χ0v) is 15.6. The molecular weight excluding hydrogens is 364 g/mol. The Hall–Kier alpha value is -3.06. The fraction of sp³-hybridized carbons (Fsp3) is 0.333. The van der Waals surface area contributed by atoms with E-state index in [0.29, 0.717) is 11.5 Å². The summed E-state index contributed by atoms with van der Waals surface area (Å²) in [6, 6.07) is 18.3. The second kappa shape index (κ2) is 9.23. The van der Waals surface area contributed by atoms with Crippen LogP contribution in [-0.4, -0.2) is 43.1 Å². The summed E-state index contributed by atoms with van der Waals surface area (Å²) in [7, 11) is 0. The van der Waals surface area contributed by atoms with Crippen LogP contribution in [0.4, 0.5) is 0 Å². The molecule has 0 aliphatic carbocycles. The van der Waals surface area contributed by atoms with Gasteiger partial charge in [-0.2, -0.15) is 0 Å². The molecule has 7 nitrogen and oxygen atoms in total. The van der Waals surface area contributed by atoms with Gasteiger partial charge in [0.15, 0.2) is 6.10 Å². The van der Waals surface area contributed by atoms with E-state index in [-0.39, 0.29) is 6.61 Å². The molecular formula is C21H22O7. The predicted octanol–water partition coefficient (Wildman–Crippen LogP) is 2.73. The maximum absolute atomic E-state index is 11.6. The van der Waals surface area contributed by atoms with Crippen molar-refractivity contribution in [1.82, 2.24) is 0 Å². The second-order valence-corrected chi connectivity index (χ2v) is 6.25. The Bertz CT molecular complexity index is 778. The molecule has 0 radical (unpaired) electrons. The molecule has 1 aliphatic heterocycles. The number of carbonyl (C=O) groups excluding carboxylic acids is 2. The van der Waals surface area contributed by atoms with Crippen LogP contribution >= 0.6 is 0 Å². The van der Waals surface area contributed by atoms with E-state index < -0.39 is 36.5 Å². The van der Waals surface area contributed by atoms with Gasteiger partial charge in [-0.3, -0.25) is 9.59 Å². The number of carbonyl (C=O) groups is 2. The van der Waals surface area contributed by atoms with Crippen LogP contribution in [0.5, 0.6) is 11.5 Å². The first-order valence-electron chi connectivity index (χ1n) is 8.92. The predicted molar refractivity (Wildman–Crippen MR) is 98.8 cm³/mol. The molecule has 3 rings (SSSR count). The van der Waals surface area contributed by atoms with Crippen molar-refractivity contribution in [2.45, 2.75) is 38.4 Å². The smallest absolute Gasteiger partial charge is 0.305 e. The third-order valence-electron chi connectivity index (χ3n) is 4.02. The van der Waals surface area contributed by atoms with Crippen LogP contribution in [0.25, 0.3) is 0 Å². The molecule has 0 spiro atoms. The van der Waals surface area contributed by atoms with Gasteiger partial charge in [0.2, 0.25) is 12.4 Å². The Kier molecular flexibility index (Phi) is 6.49. The van der Waals surface area contributed by atoms with Crippen LogP contribution < -0.4 is 9.47 Å². The molecule has 1 saturated heterocycles. The zero-order valence-electron chi connectivity index (χ0n) is 15.6. The van der Waals surface area contributed by atoms with E-state index >= 15 is 0 Å². The first-order chi connectivity index (χ1) is 13.5. The van der Waals surface area contributed by atoms with Crippen molar-refractivity contribution < 1.29 is 33.3 Å². The van der Waals surface area contributed by atoms with E-state index in [9.17, 15) is 9.59 Å². The fourth-order valence-electron chi connectivity index (χ4n) is 2.89. The highest BCUT2D eigenvalue weighted by Gasteiger charge is 2.51. The lowest BCUT2D eigenvalue weighted by atomic mass is 10.1. The number of hydrogen-bond donors (Lipinski definition) is 0. The molecule has 1 heterocycles. The van der Waals surface area contributed by atoms with Gasteiger partial charge < -0.3 is 23.7 Å². The van der Waals surface area contributed by atoms with E-state index in [0.717, 1.165) is 0 Å². The van der Waals surface area contributed by atoms with Gasteiger partial charge in [-0.25, -0.2) is 0 Å². The maximum Gasteiger partial charge on any atom is 0.305 e. The highest BCUT2D eigenvalue weighted by molar-refractivity contribution is 5.67. The Morgan fingerprint density at radius 3 is 1.96 bits per heavy atom. The highest BCUT2D eigenvalue weighted by Crippen LogP contribution is 2.30. The SMILES string of the molecule is CC(=O)OC1O[C@H](COc2ccccc2)[C@@H](Oc2ccccc2)[C@H]1OC(C)=O.